The van der Waals surface area contributed by atoms with E-state index in [2.05, 4.69) is 49.8 Å². The first-order chi connectivity index (χ1) is 10.7. The summed E-state index contributed by atoms with van der Waals surface area (Å²) in [6.45, 7) is 0. The fraction of sp³-hybridized carbons (Fsp3) is 0.111. The second kappa shape index (κ2) is 4.84. The minimum Gasteiger partial charge on any atom is -0.378 e. The largest absolute Gasteiger partial charge is 0.378 e. The number of hydrogen-bond acceptors (Lipinski definition) is 3. The van der Waals surface area contributed by atoms with Gasteiger partial charge in [0.25, 0.3) is 0 Å². The van der Waals surface area contributed by atoms with Crippen LogP contribution in [0.2, 0.25) is 0 Å². The molecule has 0 amide bonds. The van der Waals surface area contributed by atoms with Crippen LogP contribution in [-0.2, 0) is 0 Å². The zero-order valence-electron chi connectivity index (χ0n) is 12.6. The monoisotopic (exact) mass is 288 g/mol. The molecule has 0 fully saturated rings. The van der Waals surface area contributed by atoms with Crippen LogP contribution in [0.25, 0.3) is 27.5 Å². The molecule has 3 heterocycles. The molecule has 0 atom stereocenters. The van der Waals surface area contributed by atoms with Gasteiger partial charge in [-0.05, 0) is 35.7 Å². The highest BCUT2D eigenvalue weighted by atomic mass is 15.1. The second-order valence-corrected chi connectivity index (χ2v) is 5.59. The summed E-state index contributed by atoms with van der Waals surface area (Å²) in [6, 6.07) is 12.6. The molecular formula is C18H16N4. The van der Waals surface area contributed by atoms with Crippen LogP contribution in [0.4, 0.5) is 5.69 Å². The molecule has 0 aliphatic carbocycles. The first kappa shape index (κ1) is 12.8. The van der Waals surface area contributed by atoms with Crippen LogP contribution in [0.1, 0.15) is 0 Å². The molecule has 4 heteroatoms. The van der Waals surface area contributed by atoms with Crippen molar-refractivity contribution in [3.8, 4) is 5.82 Å². The van der Waals surface area contributed by atoms with E-state index in [9.17, 15) is 0 Å². The summed E-state index contributed by atoms with van der Waals surface area (Å²) in [6.07, 6.45) is 7.64. The average molecular weight is 288 g/mol. The van der Waals surface area contributed by atoms with Gasteiger partial charge in [0.2, 0.25) is 0 Å². The SMILES string of the molecule is CN(C)c1ccc2cnc(-n3ccc4ccncc43)cc2c1. The first-order valence-electron chi connectivity index (χ1n) is 7.21. The van der Waals surface area contributed by atoms with E-state index in [4.69, 9.17) is 0 Å². The van der Waals surface area contributed by atoms with Crippen molar-refractivity contribution in [3.05, 3.63) is 61.2 Å². The molecule has 22 heavy (non-hydrogen) atoms. The smallest absolute Gasteiger partial charge is 0.137 e. The van der Waals surface area contributed by atoms with E-state index in [0.717, 1.165) is 16.7 Å². The Balaban J connectivity index is 1.91. The fourth-order valence-corrected chi connectivity index (χ4v) is 2.70. The van der Waals surface area contributed by atoms with Crippen LogP contribution in [0.5, 0.6) is 0 Å². The van der Waals surface area contributed by atoms with Gasteiger partial charge in [0.1, 0.15) is 5.82 Å². The lowest BCUT2D eigenvalue weighted by Crippen LogP contribution is -2.08. The highest BCUT2D eigenvalue weighted by Gasteiger charge is 2.06. The van der Waals surface area contributed by atoms with E-state index in [1.807, 2.05) is 44.9 Å². The number of benzene rings is 1. The number of aromatic nitrogens is 3. The zero-order valence-corrected chi connectivity index (χ0v) is 12.6. The molecule has 4 rings (SSSR count). The minimum absolute atomic E-state index is 0.909. The molecule has 4 aromatic rings. The Morgan fingerprint density at radius 2 is 1.82 bits per heavy atom. The Bertz CT molecular complexity index is 969. The minimum atomic E-state index is 0.909. The van der Waals surface area contributed by atoms with Crippen molar-refractivity contribution in [3.63, 3.8) is 0 Å². The van der Waals surface area contributed by atoms with Crippen molar-refractivity contribution in [2.24, 2.45) is 0 Å². The zero-order chi connectivity index (χ0) is 15.1. The summed E-state index contributed by atoms with van der Waals surface area (Å²) in [5, 5.41) is 3.49. The first-order valence-corrected chi connectivity index (χ1v) is 7.21. The van der Waals surface area contributed by atoms with Gasteiger partial charge >= 0.3 is 0 Å². The molecule has 1 aromatic carbocycles. The molecule has 0 saturated heterocycles. The average Bonchev–Trinajstić information content (AvgIpc) is 2.97. The van der Waals surface area contributed by atoms with Crippen molar-refractivity contribution >= 4 is 27.4 Å². The Morgan fingerprint density at radius 3 is 2.68 bits per heavy atom. The molecular weight excluding hydrogens is 272 g/mol. The summed E-state index contributed by atoms with van der Waals surface area (Å²) < 4.78 is 2.07. The van der Waals surface area contributed by atoms with E-state index < -0.39 is 0 Å². The molecule has 0 bridgehead atoms. The van der Waals surface area contributed by atoms with Crippen LogP contribution in [0, 0.1) is 0 Å². The number of fused-ring (bicyclic) bond motifs is 2. The molecule has 3 aromatic heterocycles. The molecule has 0 aliphatic rings. The summed E-state index contributed by atoms with van der Waals surface area (Å²) in [5.74, 6) is 0.909. The third-order valence-electron chi connectivity index (χ3n) is 3.95. The number of nitrogens with zero attached hydrogens (tertiary/aromatic N) is 4. The lowest BCUT2D eigenvalue weighted by Gasteiger charge is -2.13. The quantitative estimate of drug-likeness (QED) is 0.564. The number of rotatable bonds is 2. The molecule has 0 spiro atoms. The van der Waals surface area contributed by atoms with E-state index >= 15 is 0 Å². The van der Waals surface area contributed by atoms with Gasteiger partial charge in [0, 0.05) is 49.1 Å². The van der Waals surface area contributed by atoms with Gasteiger partial charge in [-0.2, -0.15) is 0 Å². The Kier molecular flexibility index (Phi) is 2.82. The normalized spacial score (nSPS) is 11.2. The van der Waals surface area contributed by atoms with Crippen molar-refractivity contribution in [2.75, 3.05) is 19.0 Å². The van der Waals surface area contributed by atoms with Gasteiger partial charge in [-0.25, -0.2) is 4.98 Å². The Morgan fingerprint density at radius 1 is 0.909 bits per heavy atom. The van der Waals surface area contributed by atoms with Gasteiger partial charge in [0.15, 0.2) is 0 Å². The second-order valence-electron chi connectivity index (χ2n) is 5.59. The predicted molar refractivity (Wildman–Crippen MR) is 90.7 cm³/mol. The van der Waals surface area contributed by atoms with Gasteiger partial charge in [-0.3, -0.25) is 9.55 Å². The van der Waals surface area contributed by atoms with Gasteiger partial charge in [-0.1, -0.05) is 6.07 Å². The van der Waals surface area contributed by atoms with Crippen LogP contribution >= 0.6 is 0 Å². The van der Waals surface area contributed by atoms with Gasteiger partial charge < -0.3 is 4.90 Å². The fourth-order valence-electron chi connectivity index (χ4n) is 2.70. The lowest BCUT2D eigenvalue weighted by atomic mass is 10.1. The maximum absolute atomic E-state index is 4.60. The van der Waals surface area contributed by atoms with Crippen molar-refractivity contribution < 1.29 is 0 Å². The van der Waals surface area contributed by atoms with E-state index in [0.29, 0.717) is 0 Å². The van der Waals surface area contributed by atoms with E-state index in [1.54, 1.807) is 0 Å². The number of hydrogen-bond donors (Lipinski definition) is 0. The summed E-state index contributed by atoms with van der Waals surface area (Å²) >= 11 is 0. The maximum Gasteiger partial charge on any atom is 0.137 e. The third-order valence-corrected chi connectivity index (χ3v) is 3.95. The van der Waals surface area contributed by atoms with E-state index in [-0.39, 0.29) is 0 Å². The van der Waals surface area contributed by atoms with Crippen molar-refractivity contribution in [2.45, 2.75) is 0 Å². The summed E-state index contributed by atoms with van der Waals surface area (Å²) in [7, 11) is 4.10. The van der Waals surface area contributed by atoms with Crippen LogP contribution in [0.15, 0.2) is 61.2 Å². The Hall–Kier alpha value is -2.88. The lowest BCUT2D eigenvalue weighted by molar-refractivity contribution is 1.05. The van der Waals surface area contributed by atoms with Gasteiger partial charge in [-0.15, -0.1) is 0 Å². The molecule has 108 valence electrons. The van der Waals surface area contributed by atoms with Crippen LogP contribution < -0.4 is 4.90 Å². The highest BCUT2D eigenvalue weighted by molar-refractivity contribution is 5.87. The maximum atomic E-state index is 4.60. The summed E-state index contributed by atoms with van der Waals surface area (Å²) in [4.78, 5) is 10.9. The van der Waals surface area contributed by atoms with Gasteiger partial charge in [0.05, 0.1) is 11.7 Å². The van der Waals surface area contributed by atoms with Crippen LogP contribution in [0.3, 0.4) is 0 Å². The Labute approximate surface area is 128 Å². The predicted octanol–water partition coefficient (Wildman–Crippen LogP) is 3.64. The molecule has 0 saturated carbocycles. The molecule has 0 aliphatic heterocycles. The number of anilines is 1. The number of pyridine rings is 2. The standard InChI is InChI=1S/C18H16N4/c1-21(2)16-4-3-14-11-20-18(10-15(14)9-16)22-8-6-13-5-7-19-12-17(13)22/h3-12H,1-2H3. The van der Waals surface area contributed by atoms with Crippen molar-refractivity contribution in [1.82, 2.24) is 14.5 Å². The molecule has 0 radical (unpaired) electrons. The van der Waals surface area contributed by atoms with Crippen molar-refractivity contribution in [1.29, 1.82) is 0 Å². The third kappa shape index (κ3) is 2.00. The molecule has 0 unspecified atom stereocenters. The molecule has 4 nitrogen and oxygen atoms in total. The van der Waals surface area contributed by atoms with Crippen LogP contribution in [-0.4, -0.2) is 28.6 Å². The highest BCUT2D eigenvalue weighted by Crippen LogP contribution is 2.24. The molecule has 0 N–H and O–H groups in total. The topological polar surface area (TPSA) is 34.0 Å². The van der Waals surface area contributed by atoms with E-state index in [1.165, 1.54) is 16.5 Å². The summed E-state index contributed by atoms with van der Waals surface area (Å²) in [5.41, 5.74) is 2.25.